The van der Waals surface area contributed by atoms with Crippen LogP contribution in [0.1, 0.15) is 22.6 Å². The quantitative estimate of drug-likeness (QED) is 0.786. The first-order chi connectivity index (χ1) is 12.7. The van der Waals surface area contributed by atoms with Crippen LogP contribution in [-0.2, 0) is 17.1 Å². The van der Waals surface area contributed by atoms with Gasteiger partial charge in [-0.05, 0) is 25.5 Å². The molecule has 0 unspecified atom stereocenters. The van der Waals surface area contributed by atoms with Crippen LogP contribution in [0.2, 0.25) is 0 Å². The molecule has 146 valence electrons. The summed E-state index contributed by atoms with van der Waals surface area (Å²) in [7, 11) is -2.07. The predicted octanol–water partition coefficient (Wildman–Crippen LogP) is 1.54. The average Bonchev–Trinajstić information content (AvgIpc) is 2.82. The largest absolute Gasteiger partial charge is 0.337 e. The summed E-state index contributed by atoms with van der Waals surface area (Å²) in [5.74, 6) is -1.70. The van der Waals surface area contributed by atoms with Crippen LogP contribution in [0.3, 0.4) is 0 Å². The fourth-order valence-electron chi connectivity index (χ4n) is 2.95. The maximum Gasteiger partial charge on any atom is 0.262 e. The lowest BCUT2D eigenvalue weighted by atomic mass is 10.1. The molecule has 0 saturated carbocycles. The highest BCUT2D eigenvalue weighted by molar-refractivity contribution is 7.89. The highest BCUT2D eigenvalue weighted by Gasteiger charge is 2.31. The first kappa shape index (κ1) is 19.4. The normalized spacial score (nSPS) is 16.4. The van der Waals surface area contributed by atoms with E-state index in [0.29, 0.717) is 18.3 Å². The van der Waals surface area contributed by atoms with Crippen LogP contribution in [0.5, 0.6) is 0 Å². The van der Waals surface area contributed by atoms with Crippen LogP contribution in [0.4, 0.5) is 8.78 Å². The Kier molecular flexibility index (Phi) is 5.29. The predicted molar refractivity (Wildman–Crippen MR) is 93.6 cm³/mol. The van der Waals surface area contributed by atoms with E-state index in [9.17, 15) is 22.0 Å². The molecule has 0 radical (unpaired) electrons. The van der Waals surface area contributed by atoms with E-state index >= 15 is 0 Å². The zero-order chi connectivity index (χ0) is 19.8. The summed E-state index contributed by atoms with van der Waals surface area (Å²) < 4.78 is 55.4. The van der Waals surface area contributed by atoms with Crippen LogP contribution < -0.4 is 0 Å². The van der Waals surface area contributed by atoms with Crippen LogP contribution in [0, 0.1) is 18.6 Å². The van der Waals surface area contributed by atoms with Gasteiger partial charge in [-0.3, -0.25) is 4.79 Å². The molecule has 0 atom stereocenters. The number of halogens is 2. The SMILES string of the molecule is Cc1nc(S(=O)(=O)N2CCCN(C(=O)c3ccc(F)cc3F)CC2)cn1C. The first-order valence-corrected chi connectivity index (χ1v) is 9.88. The molecule has 7 nitrogen and oxygen atoms in total. The topological polar surface area (TPSA) is 75.5 Å². The summed E-state index contributed by atoms with van der Waals surface area (Å²) >= 11 is 0. The summed E-state index contributed by atoms with van der Waals surface area (Å²) in [6, 6.07) is 2.78. The molecule has 1 amide bonds. The van der Waals surface area contributed by atoms with Crippen molar-refractivity contribution in [1.82, 2.24) is 18.8 Å². The van der Waals surface area contributed by atoms with Crippen LogP contribution in [-0.4, -0.2) is 59.3 Å². The van der Waals surface area contributed by atoms with Crippen molar-refractivity contribution in [3.8, 4) is 0 Å². The van der Waals surface area contributed by atoms with Gasteiger partial charge in [-0.25, -0.2) is 22.2 Å². The van der Waals surface area contributed by atoms with Crippen LogP contribution in [0.15, 0.2) is 29.4 Å². The molecule has 2 aromatic rings. The Morgan fingerprint density at radius 1 is 1.15 bits per heavy atom. The van der Waals surface area contributed by atoms with Gasteiger partial charge >= 0.3 is 0 Å². The second-order valence-corrected chi connectivity index (χ2v) is 8.30. The molecule has 27 heavy (non-hydrogen) atoms. The maximum absolute atomic E-state index is 13.9. The van der Waals surface area contributed by atoms with Gasteiger partial charge in [0, 0.05) is 45.5 Å². The third-order valence-corrected chi connectivity index (χ3v) is 6.36. The molecule has 3 rings (SSSR count). The summed E-state index contributed by atoms with van der Waals surface area (Å²) in [6.45, 7) is 2.41. The van der Waals surface area contributed by atoms with E-state index in [0.717, 1.165) is 12.1 Å². The van der Waals surface area contributed by atoms with E-state index in [1.54, 1.807) is 18.5 Å². The highest BCUT2D eigenvalue weighted by atomic mass is 32.2. The van der Waals surface area contributed by atoms with Crippen LogP contribution >= 0.6 is 0 Å². The standard InChI is InChI=1S/C17H20F2N4O3S/c1-12-20-16(11-21(12)2)27(25,26)23-7-3-6-22(8-9-23)17(24)14-5-4-13(18)10-15(14)19/h4-5,10-11H,3,6-9H2,1-2H3. The van der Waals surface area contributed by atoms with Gasteiger partial charge < -0.3 is 9.47 Å². The zero-order valence-corrected chi connectivity index (χ0v) is 15.8. The number of benzene rings is 1. The van der Waals surface area contributed by atoms with Gasteiger partial charge in [0.05, 0.1) is 5.56 Å². The number of aryl methyl sites for hydroxylation is 2. The molecule has 1 aliphatic heterocycles. The molecule has 2 heterocycles. The summed E-state index contributed by atoms with van der Waals surface area (Å²) in [4.78, 5) is 18.0. The number of aromatic nitrogens is 2. The Hall–Kier alpha value is -2.33. The van der Waals surface area contributed by atoms with Crippen LogP contribution in [0.25, 0.3) is 0 Å². The molecular weight excluding hydrogens is 378 g/mol. The minimum Gasteiger partial charge on any atom is -0.337 e. The summed E-state index contributed by atoms with van der Waals surface area (Å²) in [5, 5.41) is -0.0353. The molecule has 1 saturated heterocycles. The number of sulfonamides is 1. The van der Waals surface area contributed by atoms with Gasteiger partial charge in [-0.2, -0.15) is 4.31 Å². The summed E-state index contributed by atoms with van der Waals surface area (Å²) in [5.41, 5.74) is -0.229. The van der Waals surface area contributed by atoms with Crippen molar-refractivity contribution in [2.24, 2.45) is 7.05 Å². The van der Waals surface area contributed by atoms with E-state index in [1.807, 2.05) is 0 Å². The minimum atomic E-state index is -3.77. The number of amides is 1. The van der Waals surface area contributed by atoms with E-state index in [-0.39, 0.29) is 36.8 Å². The van der Waals surface area contributed by atoms with Gasteiger partial charge in [-0.15, -0.1) is 0 Å². The second-order valence-electron chi connectivity index (χ2n) is 6.41. The van der Waals surface area contributed by atoms with Gasteiger partial charge in [0.1, 0.15) is 17.5 Å². The molecule has 0 spiro atoms. The molecule has 1 fully saturated rings. The zero-order valence-electron chi connectivity index (χ0n) is 15.0. The highest BCUT2D eigenvalue weighted by Crippen LogP contribution is 2.19. The first-order valence-electron chi connectivity index (χ1n) is 8.44. The molecule has 1 aliphatic rings. The second kappa shape index (κ2) is 7.35. The molecule has 0 aliphatic carbocycles. The molecule has 0 N–H and O–H groups in total. The average molecular weight is 398 g/mol. The molecule has 10 heteroatoms. The number of carbonyl (C=O) groups is 1. The number of carbonyl (C=O) groups excluding carboxylic acids is 1. The smallest absolute Gasteiger partial charge is 0.262 e. The van der Waals surface area contributed by atoms with Crippen molar-refractivity contribution in [1.29, 1.82) is 0 Å². The Balaban J connectivity index is 1.76. The summed E-state index contributed by atoms with van der Waals surface area (Å²) in [6.07, 6.45) is 1.85. The lowest BCUT2D eigenvalue weighted by Gasteiger charge is -2.21. The lowest BCUT2D eigenvalue weighted by Crippen LogP contribution is -2.37. The Bertz CT molecular complexity index is 955. The third kappa shape index (κ3) is 3.86. The van der Waals surface area contributed by atoms with Crippen molar-refractivity contribution in [3.05, 3.63) is 47.4 Å². The lowest BCUT2D eigenvalue weighted by molar-refractivity contribution is 0.0759. The Labute approximate surface area is 156 Å². The maximum atomic E-state index is 13.9. The fraction of sp³-hybridized carbons (Fsp3) is 0.412. The number of hydrogen-bond acceptors (Lipinski definition) is 4. The Morgan fingerprint density at radius 3 is 2.52 bits per heavy atom. The van der Waals surface area contributed by atoms with Gasteiger partial charge in [0.15, 0.2) is 5.03 Å². The number of rotatable bonds is 3. The number of nitrogens with zero attached hydrogens (tertiary/aromatic N) is 4. The van der Waals surface area contributed by atoms with Gasteiger partial charge in [0.2, 0.25) is 0 Å². The van der Waals surface area contributed by atoms with Gasteiger partial charge in [-0.1, -0.05) is 0 Å². The molecule has 1 aromatic carbocycles. The number of hydrogen-bond donors (Lipinski definition) is 0. The monoisotopic (exact) mass is 398 g/mol. The molecule has 1 aromatic heterocycles. The van der Waals surface area contributed by atoms with Crippen molar-refractivity contribution in [2.45, 2.75) is 18.4 Å². The number of imidazole rings is 1. The van der Waals surface area contributed by atoms with Crippen molar-refractivity contribution in [3.63, 3.8) is 0 Å². The van der Waals surface area contributed by atoms with Gasteiger partial charge in [0.25, 0.3) is 15.9 Å². The fourth-order valence-corrected chi connectivity index (χ4v) is 4.45. The van der Waals surface area contributed by atoms with E-state index in [1.165, 1.54) is 15.4 Å². The van der Waals surface area contributed by atoms with E-state index in [2.05, 4.69) is 4.98 Å². The minimum absolute atomic E-state index is 0.0353. The van der Waals surface area contributed by atoms with Crippen molar-refractivity contribution < 1.29 is 22.0 Å². The molecule has 0 bridgehead atoms. The Morgan fingerprint density at radius 2 is 1.89 bits per heavy atom. The van der Waals surface area contributed by atoms with E-state index < -0.39 is 27.6 Å². The van der Waals surface area contributed by atoms with E-state index in [4.69, 9.17) is 0 Å². The third-order valence-electron chi connectivity index (χ3n) is 4.59. The van der Waals surface area contributed by atoms with Crippen molar-refractivity contribution >= 4 is 15.9 Å². The van der Waals surface area contributed by atoms with Crippen molar-refractivity contribution in [2.75, 3.05) is 26.2 Å². The molecular formula is C17H20F2N4O3S.